The van der Waals surface area contributed by atoms with Crippen LogP contribution in [0.5, 0.6) is 5.75 Å². The van der Waals surface area contributed by atoms with E-state index in [1.54, 1.807) is 0 Å². The molecular weight excluding hydrogens is 424 g/mol. The highest BCUT2D eigenvalue weighted by molar-refractivity contribution is 9.10. The third-order valence-electron chi connectivity index (χ3n) is 6.68. The Morgan fingerprint density at radius 1 is 0.931 bits per heavy atom. The van der Waals surface area contributed by atoms with Crippen molar-refractivity contribution in [2.24, 2.45) is 5.10 Å². The molecule has 146 valence electrons. The predicted molar refractivity (Wildman–Crippen MR) is 120 cm³/mol. The van der Waals surface area contributed by atoms with Gasteiger partial charge in [-0.3, -0.25) is 0 Å². The number of ether oxygens (including phenoxy) is 1. The maximum Gasteiger partial charge on any atom is 0.198 e. The molecule has 6 rings (SSSR count). The summed E-state index contributed by atoms with van der Waals surface area (Å²) < 4.78 is 7.78. The standard InChI is InChI=1S/C25H23BrN2O/c26-20-10-11-24-21(15-20)23-16-22(19-9-8-17-6-2-3-7-18(17)14-19)27-28(23)25(29-24)12-4-1-5-13-25/h2-3,6-11,14-15,23H,1,4-5,12-13,16H2/t23-/m0/s1. The van der Waals surface area contributed by atoms with Crippen LogP contribution in [-0.4, -0.2) is 16.4 Å². The largest absolute Gasteiger partial charge is 0.466 e. The Hall–Kier alpha value is -2.33. The molecular formula is C25H23BrN2O. The van der Waals surface area contributed by atoms with Crippen LogP contribution in [0.25, 0.3) is 10.8 Å². The van der Waals surface area contributed by atoms with Crippen LogP contribution in [0.2, 0.25) is 0 Å². The zero-order valence-electron chi connectivity index (χ0n) is 16.3. The van der Waals surface area contributed by atoms with Gasteiger partial charge in [0.25, 0.3) is 0 Å². The lowest BCUT2D eigenvalue weighted by Crippen LogP contribution is -2.54. The lowest BCUT2D eigenvalue weighted by Gasteiger charge is -2.49. The maximum absolute atomic E-state index is 6.68. The molecule has 2 heterocycles. The van der Waals surface area contributed by atoms with Crippen molar-refractivity contribution in [2.45, 2.75) is 50.3 Å². The SMILES string of the molecule is Brc1ccc2c(c1)[C@@H]1CC(c3ccc4ccccc4c3)=NN1C1(CCCCC1)O2. The van der Waals surface area contributed by atoms with Crippen LogP contribution in [0.15, 0.2) is 70.2 Å². The number of nitrogens with zero attached hydrogens (tertiary/aromatic N) is 2. The van der Waals surface area contributed by atoms with Crippen LogP contribution in [-0.2, 0) is 0 Å². The normalized spacial score (nSPS) is 22.2. The Balaban J connectivity index is 1.46. The van der Waals surface area contributed by atoms with Crippen LogP contribution >= 0.6 is 15.9 Å². The highest BCUT2D eigenvalue weighted by atomic mass is 79.9. The van der Waals surface area contributed by atoms with Crippen molar-refractivity contribution in [3.63, 3.8) is 0 Å². The molecule has 0 radical (unpaired) electrons. The minimum absolute atomic E-state index is 0.246. The average Bonchev–Trinajstić information content (AvgIpc) is 3.22. The Kier molecular flexibility index (Phi) is 3.98. The summed E-state index contributed by atoms with van der Waals surface area (Å²) >= 11 is 3.65. The number of fused-ring (bicyclic) bond motifs is 5. The van der Waals surface area contributed by atoms with Crippen molar-refractivity contribution in [1.82, 2.24) is 5.01 Å². The lowest BCUT2D eigenvalue weighted by molar-refractivity contribution is -0.140. The van der Waals surface area contributed by atoms with Crippen LogP contribution in [0.3, 0.4) is 0 Å². The summed E-state index contributed by atoms with van der Waals surface area (Å²) in [6.45, 7) is 0. The van der Waals surface area contributed by atoms with Crippen molar-refractivity contribution in [1.29, 1.82) is 0 Å². The van der Waals surface area contributed by atoms with Gasteiger partial charge < -0.3 is 4.74 Å². The number of hydrogen-bond acceptors (Lipinski definition) is 3. The zero-order valence-corrected chi connectivity index (χ0v) is 17.9. The summed E-state index contributed by atoms with van der Waals surface area (Å²) in [7, 11) is 0. The van der Waals surface area contributed by atoms with Crippen molar-refractivity contribution in [3.05, 3.63) is 76.3 Å². The van der Waals surface area contributed by atoms with E-state index in [1.807, 2.05) is 0 Å². The Morgan fingerprint density at radius 2 is 1.76 bits per heavy atom. The van der Waals surface area contributed by atoms with Crippen molar-refractivity contribution >= 4 is 32.4 Å². The molecule has 1 spiro atoms. The maximum atomic E-state index is 6.68. The monoisotopic (exact) mass is 446 g/mol. The molecule has 1 saturated carbocycles. The number of hydrogen-bond donors (Lipinski definition) is 0. The van der Waals surface area contributed by atoms with Crippen molar-refractivity contribution < 1.29 is 4.74 Å². The summed E-state index contributed by atoms with van der Waals surface area (Å²) in [5.41, 5.74) is 3.35. The second-order valence-corrected chi connectivity index (χ2v) is 9.38. The molecule has 29 heavy (non-hydrogen) atoms. The summed E-state index contributed by atoms with van der Waals surface area (Å²) in [6.07, 6.45) is 6.72. The minimum atomic E-state index is -0.289. The van der Waals surface area contributed by atoms with Gasteiger partial charge in [0.1, 0.15) is 5.75 Å². The van der Waals surface area contributed by atoms with Gasteiger partial charge in [-0.25, -0.2) is 5.01 Å². The van der Waals surface area contributed by atoms with E-state index in [0.717, 1.165) is 29.5 Å². The molecule has 0 N–H and O–H groups in total. The second-order valence-electron chi connectivity index (χ2n) is 8.46. The fraction of sp³-hybridized carbons (Fsp3) is 0.320. The smallest absolute Gasteiger partial charge is 0.198 e. The topological polar surface area (TPSA) is 24.8 Å². The van der Waals surface area contributed by atoms with Gasteiger partial charge >= 0.3 is 0 Å². The van der Waals surface area contributed by atoms with Gasteiger partial charge in [0, 0.05) is 29.3 Å². The van der Waals surface area contributed by atoms with Gasteiger partial charge in [-0.2, -0.15) is 5.10 Å². The number of halogens is 1. The van der Waals surface area contributed by atoms with E-state index in [9.17, 15) is 0 Å². The minimum Gasteiger partial charge on any atom is -0.466 e. The number of hydrazone groups is 1. The first-order valence-corrected chi connectivity index (χ1v) is 11.4. The summed E-state index contributed by atoms with van der Waals surface area (Å²) in [5, 5.41) is 10.1. The molecule has 4 heteroatoms. The van der Waals surface area contributed by atoms with Gasteiger partial charge in [-0.05, 0) is 53.4 Å². The third kappa shape index (κ3) is 2.80. The van der Waals surface area contributed by atoms with Crippen LogP contribution in [0.4, 0.5) is 0 Å². The molecule has 3 aromatic rings. The fourth-order valence-corrected chi connectivity index (χ4v) is 5.61. The first-order chi connectivity index (χ1) is 14.2. The molecule has 0 saturated heterocycles. The average molecular weight is 447 g/mol. The van der Waals surface area contributed by atoms with E-state index in [-0.39, 0.29) is 11.8 Å². The lowest BCUT2D eigenvalue weighted by atomic mass is 9.86. The van der Waals surface area contributed by atoms with E-state index in [4.69, 9.17) is 9.84 Å². The van der Waals surface area contributed by atoms with E-state index < -0.39 is 0 Å². The van der Waals surface area contributed by atoms with E-state index in [1.165, 1.54) is 46.9 Å². The molecule has 3 nitrogen and oxygen atoms in total. The quantitative estimate of drug-likeness (QED) is 0.410. The van der Waals surface area contributed by atoms with E-state index in [0.29, 0.717) is 0 Å². The highest BCUT2D eigenvalue weighted by Crippen LogP contribution is 2.51. The molecule has 1 atom stereocenters. The zero-order chi connectivity index (χ0) is 19.4. The van der Waals surface area contributed by atoms with Crippen molar-refractivity contribution in [2.75, 3.05) is 0 Å². The van der Waals surface area contributed by atoms with Gasteiger partial charge in [0.15, 0.2) is 5.72 Å². The summed E-state index contributed by atoms with van der Waals surface area (Å²) in [6, 6.07) is 21.9. The van der Waals surface area contributed by atoms with Crippen LogP contribution in [0.1, 0.15) is 55.7 Å². The molecule has 2 aliphatic heterocycles. The molecule has 0 amide bonds. The molecule has 1 aliphatic carbocycles. The first-order valence-electron chi connectivity index (χ1n) is 10.6. The fourth-order valence-electron chi connectivity index (χ4n) is 5.23. The van der Waals surface area contributed by atoms with Gasteiger partial charge in [0.2, 0.25) is 0 Å². The Labute approximate surface area is 179 Å². The Morgan fingerprint density at radius 3 is 2.62 bits per heavy atom. The van der Waals surface area contributed by atoms with Crippen molar-refractivity contribution in [3.8, 4) is 5.75 Å². The summed E-state index contributed by atoms with van der Waals surface area (Å²) in [4.78, 5) is 0. The number of benzene rings is 3. The molecule has 0 unspecified atom stereocenters. The third-order valence-corrected chi connectivity index (χ3v) is 7.17. The first kappa shape index (κ1) is 17.5. The summed E-state index contributed by atoms with van der Waals surface area (Å²) in [5.74, 6) is 1.03. The predicted octanol–water partition coefficient (Wildman–Crippen LogP) is 6.81. The molecule has 0 bridgehead atoms. The molecule has 1 fully saturated rings. The molecule has 0 aromatic heterocycles. The van der Waals surface area contributed by atoms with Gasteiger partial charge in [0.05, 0.1) is 11.8 Å². The second kappa shape index (κ2) is 6.60. The van der Waals surface area contributed by atoms with Crippen LogP contribution in [0, 0.1) is 0 Å². The molecule has 3 aromatic carbocycles. The van der Waals surface area contributed by atoms with Crippen LogP contribution < -0.4 is 4.74 Å². The highest BCUT2D eigenvalue weighted by Gasteiger charge is 2.50. The van der Waals surface area contributed by atoms with E-state index >= 15 is 0 Å². The van der Waals surface area contributed by atoms with Gasteiger partial charge in [-0.15, -0.1) is 0 Å². The molecule has 3 aliphatic rings. The van der Waals surface area contributed by atoms with E-state index in [2.05, 4.69) is 81.6 Å². The number of rotatable bonds is 1. The van der Waals surface area contributed by atoms with Gasteiger partial charge in [-0.1, -0.05) is 58.7 Å². The Bertz CT molecular complexity index is 1130.